The Balaban J connectivity index is 3.15. The largest absolute Gasteiger partial charge is 0.465 e. The molecule has 1 rings (SSSR count). The number of rotatable bonds is 2. The van der Waals surface area contributed by atoms with E-state index in [1.165, 1.54) is 7.11 Å². The van der Waals surface area contributed by atoms with Gasteiger partial charge in [-0.05, 0) is 40.5 Å². The zero-order valence-electron chi connectivity index (χ0n) is 7.88. The Morgan fingerprint density at radius 1 is 1.50 bits per heavy atom. The molecule has 0 saturated heterocycles. The van der Waals surface area contributed by atoms with Gasteiger partial charge in [0, 0.05) is 9.30 Å². The molecule has 1 atom stereocenters. The van der Waals surface area contributed by atoms with E-state index in [1.54, 1.807) is 0 Å². The smallest absolute Gasteiger partial charge is 0.339 e. The predicted molar refractivity (Wildman–Crippen MR) is 62.8 cm³/mol. The lowest BCUT2D eigenvalue weighted by Gasteiger charge is -2.07. The molecule has 4 heteroatoms. The van der Waals surface area contributed by atoms with E-state index >= 15 is 0 Å². The number of carbonyl (C=O) groups excluding carboxylic acids is 1. The molecule has 1 aromatic rings. The fourth-order valence-corrected chi connectivity index (χ4v) is 1.75. The molecule has 0 fully saturated rings. The molecule has 0 bridgehead atoms. The normalized spacial score (nSPS) is 12.3. The van der Waals surface area contributed by atoms with E-state index < -0.39 is 0 Å². The summed E-state index contributed by atoms with van der Waals surface area (Å²) in [6.07, 6.45) is 0. The van der Waals surface area contributed by atoms with E-state index in [0.29, 0.717) is 5.56 Å². The molecule has 0 aliphatic rings. The van der Waals surface area contributed by atoms with Gasteiger partial charge in [-0.15, -0.1) is 0 Å². The number of carbonyl (C=O) groups is 1. The first kappa shape index (κ1) is 11.7. The first-order valence-corrected chi connectivity index (χ1v) is 5.79. The summed E-state index contributed by atoms with van der Waals surface area (Å²) in [6, 6.07) is 5.62. The fraction of sp³-hybridized carbons (Fsp3) is 0.300. The zero-order chi connectivity index (χ0) is 10.7. The average Bonchev–Trinajstić information content (AvgIpc) is 2.17. The highest BCUT2D eigenvalue weighted by Crippen LogP contribution is 2.26. The van der Waals surface area contributed by atoms with E-state index in [2.05, 4.69) is 36.6 Å². The number of ether oxygens (including phenoxy) is 1. The molecule has 0 unspecified atom stereocenters. The highest BCUT2D eigenvalue weighted by Gasteiger charge is 2.12. The van der Waals surface area contributed by atoms with Crippen LogP contribution in [-0.4, -0.2) is 13.1 Å². The monoisotopic (exact) mass is 320 g/mol. The van der Waals surface area contributed by atoms with Gasteiger partial charge in [0.05, 0.1) is 12.7 Å². The molecule has 14 heavy (non-hydrogen) atoms. The Morgan fingerprint density at radius 2 is 2.14 bits per heavy atom. The van der Waals surface area contributed by atoms with Crippen molar-refractivity contribution in [2.24, 2.45) is 0 Å². The van der Waals surface area contributed by atoms with Crippen LogP contribution in [0.25, 0.3) is 0 Å². The lowest BCUT2D eigenvalue weighted by molar-refractivity contribution is 0.0599. The summed E-state index contributed by atoms with van der Waals surface area (Å²) in [4.78, 5) is 11.6. The molecule has 76 valence electrons. The maximum absolute atomic E-state index is 11.3. The van der Waals surface area contributed by atoms with Crippen molar-refractivity contribution in [1.82, 2.24) is 0 Å². The van der Waals surface area contributed by atoms with E-state index in [1.807, 2.05) is 25.1 Å². The van der Waals surface area contributed by atoms with Gasteiger partial charge in [0.25, 0.3) is 0 Å². The van der Waals surface area contributed by atoms with Crippen LogP contribution in [0.2, 0.25) is 0 Å². The number of esters is 1. The van der Waals surface area contributed by atoms with Crippen molar-refractivity contribution in [3.63, 3.8) is 0 Å². The maximum Gasteiger partial charge on any atom is 0.339 e. The SMILES string of the molecule is COC(=O)c1cc([C@H](C)Br)ccc1Br. The number of alkyl halides is 1. The van der Waals surface area contributed by atoms with Crippen LogP contribution in [0, 0.1) is 0 Å². The molecule has 0 aliphatic heterocycles. The van der Waals surface area contributed by atoms with Crippen molar-refractivity contribution in [3.8, 4) is 0 Å². The highest BCUT2D eigenvalue weighted by molar-refractivity contribution is 9.10. The molecule has 1 aromatic carbocycles. The Labute approximate surface area is 99.9 Å². The molecule has 0 heterocycles. The molecule has 0 saturated carbocycles. The van der Waals surface area contributed by atoms with Crippen LogP contribution in [0.4, 0.5) is 0 Å². The minimum absolute atomic E-state index is 0.221. The summed E-state index contributed by atoms with van der Waals surface area (Å²) in [6.45, 7) is 2.00. The van der Waals surface area contributed by atoms with Gasteiger partial charge in [0.2, 0.25) is 0 Å². The predicted octanol–water partition coefficient (Wildman–Crippen LogP) is 3.69. The zero-order valence-corrected chi connectivity index (χ0v) is 11.1. The Kier molecular flexibility index (Phi) is 4.13. The topological polar surface area (TPSA) is 26.3 Å². The van der Waals surface area contributed by atoms with Crippen LogP contribution < -0.4 is 0 Å². The van der Waals surface area contributed by atoms with E-state index in [9.17, 15) is 4.79 Å². The number of hydrogen-bond acceptors (Lipinski definition) is 2. The van der Waals surface area contributed by atoms with Gasteiger partial charge in [0.15, 0.2) is 0 Å². The second-order valence-corrected chi connectivity index (χ2v) is 5.07. The van der Waals surface area contributed by atoms with Crippen LogP contribution in [0.15, 0.2) is 22.7 Å². The molecular formula is C10H10Br2O2. The molecule has 0 N–H and O–H groups in total. The Morgan fingerprint density at radius 3 is 2.64 bits per heavy atom. The second kappa shape index (κ2) is 4.94. The summed E-state index contributed by atoms with van der Waals surface area (Å²) in [7, 11) is 1.37. The summed E-state index contributed by atoms with van der Waals surface area (Å²) in [5, 5.41) is 0. The Bertz CT molecular complexity index is 348. The number of hydrogen-bond donors (Lipinski definition) is 0. The first-order chi connectivity index (χ1) is 6.56. The van der Waals surface area contributed by atoms with Crippen LogP contribution >= 0.6 is 31.9 Å². The quantitative estimate of drug-likeness (QED) is 0.613. The van der Waals surface area contributed by atoms with Gasteiger partial charge in [-0.25, -0.2) is 4.79 Å². The molecule has 0 radical (unpaired) electrons. The summed E-state index contributed by atoms with van der Waals surface area (Å²) < 4.78 is 5.42. The van der Waals surface area contributed by atoms with Crippen LogP contribution in [0.5, 0.6) is 0 Å². The third kappa shape index (κ3) is 2.58. The minimum atomic E-state index is -0.327. The van der Waals surface area contributed by atoms with Gasteiger partial charge in [-0.3, -0.25) is 0 Å². The minimum Gasteiger partial charge on any atom is -0.465 e. The van der Waals surface area contributed by atoms with E-state index in [-0.39, 0.29) is 10.8 Å². The molecule has 0 amide bonds. The van der Waals surface area contributed by atoms with Crippen molar-refractivity contribution in [2.75, 3.05) is 7.11 Å². The lowest BCUT2D eigenvalue weighted by atomic mass is 10.1. The average molecular weight is 322 g/mol. The third-order valence-electron chi connectivity index (χ3n) is 1.86. The van der Waals surface area contributed by atoms with Gasteiger partial charge in [-0.2, -0.15) is 0 Å². The van der Waals surface area contributed by atoms with Crippen LogP contribution in [-0.2, 0) is 4.74 Å². The van der Waals surface area contributed by atoms with Gasteiger partial charge in [0.1, 0.15) is 0 Å². The van der Waals surface area contributed by atoms with Gasteiger partial charge < -0.3 is 4.74 Å². The van der Waals surface area contributed by atoms with Crippen molar-refractivity contribution in [2.45, 2.75) is 11.8 Å². The van der Waals surface area contributed by atoms with E-state index in [0.717, 1.165) is 10.0 Å². The van der Waals surface area contributed by atoms with Crippen molar-refractivity contribution >= 4 is 37.8 Å². The summed E-state index contributed by atoms with van der Waals surface area (Å²) in [5.41, 5.74) is 1.60. The maximum atomic E-state index is 11.3. The van der Waals surface area contributed by atoms with Crippen molar-refractivity contribution < 1.29 is 9.53 Å². The number of halogens is 2. The molecular weight excluding hydrogens is 312 g/mol. The van der Waals surface area contributed by atoms with Crippen LogP contribution in [0.1, 0.15) is 27.7 Å². The Hall–Kier alpha value is -0.350. The summed E-state index contributed by atoms with van der Waals surface area (Å²) >= 11 is 6.75. The van der Waals surface area contributed by atoms with Gasteiger partial charge >= 0.3 is 5.97 Å². The lowest BCUT2D eigenvalue weighted by Crippen LogP contribution is -2.03. The molecule has 0 aliphatic carbocycles. The standard InChI is InChI=1S/C10H10Br2O2/c1-6(11)7-3-4-9(12)8(5-7)10(13)14-2/h3-6H,1-2H3/t6-/m0/s1. The fourth-order valence-electron chi connectivity index (χ4n) is 1.06. The number of benzene rings is 1. The van der Waals surface area contributed by atoms with Crippen molar-refractivity contribution in [3.05, 3.63) is 33.8 Å². The first-order valence-electron chi connectivity index (χ1n) is 4.08. The second-order valence-electron chi connectivity index (χ2n) is 2.85. The summed E-state index contributed by atoms with van der Waals surface area (Å²) in [5.74, 6) is -0.327. The molecule has 0 aromatic heterocycles. The van der Waals surface area contributed by atoms with Crippen LogP contribution in [0.3, 0.4) is 0 Å². The number of methoxy groups -OCH3 is 1. The van der Waals surface area contributed by atoms with Gasteiger partial charge in [-0.1, -0.05) is 22.0 Å². The highest BCUT2D eigenvalue weighted by atomic mass is 79.9. The molecule has 0 spiro atoms. The third-order valence-corrected chi connectivity index (χ3v) is 3.08. The molecule has 2 nitrogen and oxygen atoms in total. The van der Waals surface area contributed by atoms with E-state index in [4.69, 9.17) is 0 Å². The van der Waals surface area contributed by atoms with Crippen molar-refractivity contribution in [1.29, 1.82) is 0 Å².